The molecule has 106 valence electrons. The monoisotopic (exact) mass is 264 g/mol. The lowest BCUT2D eigenvalue weighted by Crippen LogP contribution is -2.55. The summed E-state index contributed by atoms with van der Waals surface area (Å²) >= 11 is 0. The third-order valence-corrected chi connectivity index (χ3v) is 4.85. The van der Waals surface area contributed by atoms with E-state index in [2.05, 4.69) is 11.8 Å². The Morgan fingerprint density at radius 3 is 2.22 bits per heavy atom. The van der Waals surface area contributed by atoms with Crippen LogP contribution in [0.1, 0.15) is 39.0 Å². The topological polar surface area (TPSA) is 29.3 Å². The van der Waals surface area contributed by atoms with Crippen LogP contribution < -0.4 is 5.73 Å². The summed E-state index contributed by atoms with van der Waals surface area (Å²) in [5.41, 5.74) is 5.73. The van der Waals surface area contributed by atoms with Gasteiger partial charge in [-0.2, -0.15) is 13.2 Å². The van der Waals surface area contributed by atoms with Crippen LogP contribution in [0.15, 0.2) is 0 Å². The zero-order chi connectivity index (χ0) is 13.4. The molecule has 5 heteroatoms. The van der Waals surface area contributed by atoms with Crippen LogP contribution in [0.4, 0.5) is 13.2 Å². The van der Waals surface area contributed by atoms with Crippen molar-refractivity contribution in [3.8, 4) is 0 Å². The predicted octanol–water partition coefficient (Wildman–Crippen LogP) is 2.78. The van der Waals surface area contributed by atoms with Crippen molar-refractivity contribution in [1.82, 2.24) is 4.90 Å². The van der Waals surface area contributed by atoms with E-state index in [0.29, 0.717) is 25.3 Å². The molecule has 0 radical (unpaired) electrons. The van der Waals surface area contributed by atoms with Gasteiger partial charge in [0.25, 0.3) is 0 Å². The van der Waals surface area contributed by atoms with E-state index in [0.717, 1.165) is 19.5 Å². The van der Waals surface area contributed by atoms with E-state index in [-0.39, 0.29) is 18.4 Å². The number of hydrogen-bond donors (Lipinski definition) is 1. The number of hydrogen-bond acceptors (Lipinski definition) is 2. The molecule has 2 aliphatic rings. The first-order valence-corrected chi connectivity index (χ1v) is 6.89. The molecule has 1 heterocycles. The summed E-state index contributed by atoms with van der Waals surface area (Å²) in [5.74, 6) is -0.467. The molecule has 18 heavy (non-hydrogen) atoms. The summed E-state index contributed by atoms with van der Waals surface area (Å²) in [5, 5.41) is 0. The van der Waals surface area contributed by atoms with E-state index in [4.69, 9.17) is 5.73 Å². The Morgan fingerprint density at radius 2 is 1.83 bits per heavy atom. The third-order valence-electron chi connectivity index (χ3n) is 4.85. The van der Waals surface area contributed by atoms with Gasteiger partial charge < -0.3 is 5.73 Å². The molecule has 1 atom stereocenters. The van der Waals surface area contributed by atoms with Crippen LogP contribution in [0.3, 0.4) is 0 Å². The van der Waals surface area contributed by atoms with Crippen LogP contribution in [0.25, 0.3) is 0 Å². The highest BCUT2D eigenvalue weighted by Crippen LogP contribution is 2.44. The normalized spacial score (nSPS) is 39.2. The second-order valence-corrected chi connectivity index (χ2v) is 6.08. The Hall–Kier alpha value is -0.290. The first-order chi connectivity index (χ1) is 8.37. The van der Waals surface area contributed by atoms with E-state index in [9.17, 15) is 13.2 Å². The first kappa shape index (κ1) is 14.1. The highest BCUT2D eigenvalue weighted by atomic mass is 19.4. The average Bonchev–Trinajstić information content (AvgIpc) is 2.75. The minimum Gasteiger partial charge on any atom is -0.329 e. The fraction of sp³-hybridized carbons (Fsp3) is 1.00. The van der Waals surface area contributed by atoms with Crippen molar-refractivity contribution in [3.05, 3.63) is 0 Å². The fourth-order valence-electron chi connectivity index (χ4n) is 3.50. The molecule has 0 spiro atoms. The zero-order valence-electron chi connectivity index (χ0n) is 11.0. The molecule has 1 unspecified atom stereocenters. The molecular weight excluding hydrogens is 241 g/mol. The lowest BCUT2D eigenvalue weighted by molar-refractivity contribution is -0.188. The Morgan fingerprint density at radius 1 is 1.22 bits per heavy atom. The summed E-state index contributed by atoms with van der Waals surface area (Å²) in [4.78, 5) is 2.35. The van der Waals surface area contributed by atoms with Crippen molar-refractivity contribution < 1.29 is 13.2 Å². The van der Waals surface area contributed by atoms with Crippen molar-refractivity contribution >= 4 is 0 Å². The molecule has 0 aromatic carbocycles. The van der Waals surface area contributed by atoms with Crippen LogP contribution in [0.2, 0.25) is 0 Å². The lowest BCUT2D eigenvalue weighted by atomic mass is 9.75. The lowest BCUT2D eigenvalue weighted by Gasteiger charge is -2.46. The predicted molar refractivity (Wildman–Crippen MR) is 65.2 cm³/mol. The Kier molecular flexibility index (Phi) is 3.93. The number of nitrogens with zero attached hydrogens (tertiary/aromatic N) is 1. The number of likely N-dealkylation sites (tertiary alicyclic amines) is 1. The molecular formula is C13H23F3N2. The molecule has 0 aromatic heterocycles. The molecule has 2 N–H and O–H groups in total. The summed E-state index contributed by atoms with van der Waals surface area (Å²) in [6, 6.07) is 0. The Labute approximate surface area is 107 Å². The number of rotatable bonds is 2. The molecule has 1 saturated carbocycles. The summed E-state index contributed by atoms with van der Waals surface area (Å²) in [6.07, 6.45) is -1.21. The van der Waals surface area contributed by atoms with Gasteiger partial charge in [-0.3, -0.25) is 4.90 Å². The second kappa shape index (κ2) is 5.00. The molecule has 0 aromatic rings. The molecule has 2 nitrogen and oxygen atoms in total. The Bertz CT molecular complexity index is 282. The fourth-order valence-corrected chi connectivity index (χ4v) is 3.50. The van der Waals surface area contributed by atoms with Gasteiger partial charge in [-0.05, 0) is 44.6 Å². The number of nitrogens with two attached hydrogens (primary N) is 1. The van der Waals surface area contributed by atoms with Crippen LogP contribution in [0, 0.1) is 11.8 Å². The van der Waals surface area contributed by atoms with Crippen molar-refractivity contribution in [2.24, 2.45) is 17.6 Å². The van der Waals surface area contributed by atoms with Gasteiger partial charge in [0.05, 0.1) is 5.92 Å². The van der Waals surface area contributed by atoms with Crippen molar-refractivity contribution in [3.63, 3.8) is 0 Å². The van der Waals surface area contributed by atoms with Gasteiger partial charge in [0.2, 0.25) is 0 Å². The quantitative estimate of drug-likeness (QED) is 0.831. The van der Waals surface area contributed by atoms with Crippen LogP contribution in [0.5, 0.6) is 0 Å². The van der Waals surface area contributed by atoms with E-state index < -0.39 is 12.1 Å². The van der Waals surface area contributed by atoms with Crippen LogP contribution in [-0.4, -0.2) is 36.2 Å². The maximum atomic E-state index is 12.7. The van der Waals surface area contributed by atoms with E-state index >= 15 is 0 Å². The molecule has 2 fully saturated rings. The number of alkyl halides is 3. The maximum absolute atomic E-state index is 12.7. The zero-order valence-corrected chi connectivity index (χ0v) is 11.0. The average molecular weight is 264 g/mol. The molecule has 1 aliphatic heterocycles. The maximum Gasteiger partial charge on any atom is 0.391 e. The van der Waals surface area contributed by atoms with Gasteiger partial charge in [-0.25, -0.2) is 0 Å². The van der Waals surface area contributed by atoms with Gasteiger partial charge in [-0.1, -0.05) is 6.92 Å². The third kappa shape index (κ3) is 2.67. The van der Waals surface area contributed by atoms with E-state index in [1.807, 2.05) is 0 Å². The number of halogens is 3. The summed E-state index contributed by atoms with van der Waals surface area (Å²) in [6.45, 7) is 4.68. The van der Waals surface area contributed by atoms with Gasteiger partial charge in [-0.15, -0.1) is 0 Å². The first-order valence-electron chi connectivity index (χ1n) is 6.89. The SMILES string of the molecule is CC1CCN(C2(CN)CCC(C(F)(F)F)CC2)C1. The van der Waals surface area contributed by atoms with Gasteiger partial charge >= 0.3 is 6.18 Å². The van der Waals surface area contributed by atoms with Crippen LogP contribution >= 0.6 is 0 Å². The summed E-state index contributed by atoms with van der Waals surface area (Å²) in [7, 11) is 0. The highest BCUT2D eigenvalue weighted by Gasteiger charge is 2.48. The van der Waals surface area contributed by atoms with Crippen LogP contribution in [-0.2, 0) is 0 Å². The van der Waals surface area contributed by atoms with E-state index in [1.54, 1.807) is 0 Å². The van der Waals surface area contributed by atoms with E-state index in [1.165, 1.54) is 0 Å². The smallest absolute Gasteiger partial charge is 0.329 e. The second-order valence-electron chi connectivity index (χ2n) is 6.08. The van der Waals surface area contributed by atoms with Gasteiger partial charge in [0, 0.05) is 18.6 Å². The summed E-state index contributed by atoms with van der Waals surface area (Å²) < 4.78 is 38.1. The largest absolute Gasteiger partial charge is 0.391 e. The molecule has 1 aliphatic carbocycles. The molecule has 0 amide bonds. The Balaban J connectivity index is 2.00. The minimum atomic E-state index is -4.03. The van der Waals surface area contributed by atoms with Crippen molar-refractivity contribution in [1.29, 1.82) is 0 Å². The highest BCUT2D eigenvalue weighted by molar-refractivity contribution is 4.99. The van der Waals surface area contributed by atoms with Crippen molar-refractivity contribution in [2.75, 3.05) is 19.6 Å². The molecule has 2 rings (SSSR count). The molecule has 1 saturated heterocycles. The standard InChI is InChI=1S/C13H23F3N2/c1-10-4-7-18(8-10)12(9-17)5-2-11(3-6-12)13(14,15)16/h10-11H,2-9,17H2,1H3. The molecule has 0 bridgehead atoms. The minimum absolute atomic E-state index is 0.160. The van der Waals surface area contributed by atoms with Crippen molar-refractivity contribution in [2.45, 2.75) is 50.7 Å². The van der Waals surface area contributed by atoms with Gasteiger partial charge in [0.1, 0.15) is 0 Å². The van der Waals surface area contributed by atoms with Gasteiger partial charge in [0.15, 0.2) is 0 Å².